The van der Waals surface area contributed by atoms with Crippen LogP contribution in [0.25, 0.3) is 11.2 Å². The van der Waals surface area contributed by atoms with E-state index in [1.165, 1.54) is 11.0 Å². The summed E-state index contributed by atoms with van der Waals surface area (Å²) in [4.78, 5) is 14.8. The first-order valence-corrected chi connectivity index (χ1v) is 3.01. The summed E-state index contributed by atoms with van der Waals surface area (Å²) in [5.41, 5.74) is 0.553. The van der Waals surface area contributed by atoms with Crippen LogP contribution in [0.15, 0.2) is 11.1 Å². The molecule has 6 heteroatoms. The quantitative estimate of drug-likeness (QED) is 0.526. The standard InChI is InChI=1S/C5H5N5O/c1-10-4-3(5(11)9-10)6-2-7-8-4/h2H,1H3,(H,9,11). The van der Waals surface area contributed by atoms with Gasteiger partial charge in [-0.25, -0.2) is 4.98 Å². The molecule has 0 radical (unpaired) electrons. The Balaban J connectivity index is 3.07. The number of hydrogen-bond acceptors (Lipinski definition) is 4. The van der Waals surface area contributed by atoms with Crippen LogP contribution in [0.1, 0.15) is 0 Å². The van der Waals surface area contributed by atoms with Gasteiger partial charge in [-0.2, -0.15) is 0 Å². The van der Waals surface area contributed by atoms with Crippen LogP contribution in [0.2, 0.25) is 0 Å². The van der Waals surface area contributed by atoms with E-state index in [0.717, 1.165) is 0 Å². The smallest absolute Gasteiger partial charge is 0.268 e. The Hall–Kier alpha value is -1.72. The zero-order valence-corrected chi connectivity index (χ0v) is 5.77. The van der Waals surface area contributed by atoms with E-state index in [9.17, 15) is 4.79 Å². The van der Waals surface area contributed by atoms with Crippen molar-refractivity contribution in [3.05, 3.63) is 16.7 Å². The number of fused-ring (bicyclic) bond motifs is 1. The fraction of sp³-hybridized carbons (Fsp3) is 0.200. The van der Waals surface area contributed by atoms with Crippen LogP contribution in [-0.4, -0.2) is 25.0 Å². The lowest BCUT2D eigenvalue weighted by Crippen LogP contribution is -2.01. The van der Waals surface area contributed by atoms with Crippen molar-refractivity contribution >= 4 is 11.2 Å². The maximum Gasteiger partial charge on any atom is 0.292 e. The minimum Gasteiger partial charge on any atom is -0.268 e. The van der Waals surface area contributed by atoms with Gasteiger partial charge in [0.1, 0.15) is 6.33 Å². The van der Waals surface area contributed by atoms with Gasteiger partial charge in [0, 0.05) is 7.05 Å². The van der Waals surface area contributed by atoms with Gasteiger partial charge in [-0.15, -0.1) is 10.2 Å². The summed E-state index contributed by atoms with van der Waals surface area (Å²) in [6, 6.07) is 0. The number of aromatic amines is 1. The fourth-order valence-electron chi connectivity index (χ4n) is 0.913. The molecule has 0 spiro atoms. The average Bonchev–Trinajstić information content (AvgIpc) is 2.30. The summed E-state index contributed by atoms with van der Waals surface area (Å²) in [5.74, 6) is 0. The van der Waals surface area contributed by atoms with Crippen molar-refractivity contribution in [2.75, 3.05) is 0 Å². The van der Waals surface area contributed by atoms with E-state index in [2.05, 4.69) is 20.3 Å². The van der Waals surface area contributed by atoms with E-state index in [0.29, 0.717) is 11.2 Å². The number of rotatable bonds is 0. The SMILES string of the molecule is Cn1[nH]c(=O)c2ncnnc21. The number of aromatic nitrogens is 5. The van der Waals surface area contributed by atoms with Gasteiger partial charge in [-0.3, -0.25) is 14.6 Å². The summed E-state index contributed by atoms with van der Waals surface area (Å²) >= 11 is 0. The highest BCUT2D eigenvalue weighted by molar-refractivity contribution is 5.67. The van der Waals surface area contributed by atoms with Gasteiger partial charge < -0.3 is 0 Å². The Morgan fingerprint density at radius 1 is 1.64 bits per heavy atom. The Labute approximate surface area is 60.9 Å². The molecule has 0 unspecified atom stereocenters. The van der Waals surface area contributed by atoms with E-state index in [1.807, 2.05) is 0 Å². The lowest BCUT2D eigenvalue weighted by Gasteiger charge is -1.87. The Bertz CT molecular complexity index is 441. The molecule has 2 aromatic heterocycles. The predicted molar refractivity (Wildman–Crippen MR) is 36.9 cm³/mol. The summed E-state index contributed by atoms with van der Waals surface area (Å²) in [6.07, 6.45) is 1.25. The van der Waals surface area contributed by atoms with Crippen molar-refractivity contribution in [1.82, 2.24) is 25.0 Å². The second kappa shape index (κ2) is 1.88. The Morgan fingerprint density at radius 2 is 2.45 bits per heavy atom. The average molecular weight is 151 g/mol. The predicted octanol–water partition coefficient (Wildman–Crippen LogP) is -0.948. The van der Waals surface area contributed by atoms with Gasteiger partial charge in [0.15, 0.2) is 5.52 Å². The molecule has 56 valence electrons. The second-order valence-corrected chi connectivity index (χ2v) is 2.13. The third-order valence-electron chi connectivity index (χ3n) is 1.40. The van der Waals surface area contributed by atoms with Gasteiger partial charge in [0.05, 0.1) is 0 Å². The number of hydrogen-bond donors (Lipinski definition) is 1. The molecule has 0 aromatic carbocycles. The van der Waals surface area contributed by atoms with Gasteiger partial charge in [0.2, 0.25) is 5.65 Å². The van der Waals surface area contributed by atoms with Crippen LogP contribution in [0.3, 0.4) is 0 Å². The highest BCUT2D eigenvalue weighted by Gasteiger charge is 2.04. The van der Waals surface area contributed by atoms with E-state index < -0.39 is 0 Å². The third kappa shape index (κ3) is 0.721. The van der Waals surface area contributed by atoms with Gasteiger partial charge >= 0.3 is 0 Å². The molecule has 0 bridgehead atoms. The second-order valence-electron chi connectivity index (χ2n) is 2.13. The Kier molecular flexibility index (Phi) is 1.03. The minimum atomic E-state index is -0.239. The normalized spacial score (nSPS) is 10.6. The molecule has 2 aromatic rings. The molecule has 6 nitrogen and oxygen atoms in total. The molecule has 11 heavy (non-hydrogen) atoms. The van der Waals surface area contributed by atoms with Crippen LogP contribution in [0, 0.1) is 0 Å². The van der Waals surface area contributed by atoms with E-state index in [4.69, 9.17) is 0 Å². The highest BCUT2D eigenvalue weighted by atomic mass is 16.1. The van der Waals surface area contributed by atoms with Crippen LogP contribution < -0.4 is 5.56 Å². The van der Waals surface area contributed by atoms with Gasteiger partial charge in [-0.05, 0) is 0 Å². The maximum atomic E-state index is 11.0. The zero-order valence-electron chi connectivity index (χ0n) is 5.77. The number of H-pyrrole nitrogens is 1. The van der Waals surface area contributed by atoms with Crippen LogP contribution in [0.4, 0.5) is 0 Å². The lowest BCUT2D eigenvalue weighted by molar-refractivity contribution is 0.765. The minimum absolute atomic E-state index is 0.239. The summed E-state index contributed by atoms with van der Waals surface area (Å²) in [7, 11) is 1.68. The van der Waals surface area contributed by atoms with Crippen molar-refractivity contribution < 1.29 is 0 Å². The molecule has 0 saturated carbocycles. The molecule has 0 atom stereocenters. The zero-order chi connectivity index (χ0) is 7.84. The fourth-order valence-corrected chi connectivity index (χ4v) is 0.913. The summed E-state index contributed by atoms with van der Waals surface area (Å²) < 4.78 is 1.48. The van der Waals surface area contributed by atoms with Crippen LogP contribution >= 0.6 is 0 Å². The topological polar surface area (TPSA) is 76.5 Å². The van der Waals surface area contributed by atoms with E-state index in [1.54, 1.807) is 7.05 Å². The van der Waals surface area contributed by atoms with Gasteiger partial charge in [-0.1, -0.05) is 0 Å². The molecule has 0 aliphatic rings. The third-order valence-corrected chi connectivity index (χ3v) is 1.40. The van der Waals surface area contributed by atoms with Gasteiger partial charge in [0.25, 0.3) is 5.56 Å². The number of aryl methyl sites for hydroxylation is 1. The molecule has 2 rings (SSSR count). The molecule has 0 saturated heterocycles. The highest BCUT2D eigenvalue weighted by Crippen LogP contribution is 1.95. The van der Waals surface area contributed by atoms with Crippen molar-refractivity contribution in [2.24, 2.45) is 7.05 Å². The molecule has 2 heterocycles. The Morgan fingerprint density at radius 3 is 3.18 bits per heavy atom. The molecule has 0 fully saturated rings. The number of nitrogens with one attached hydrogen (secondary N) is 1. The summed E-state index contributed by atoms with van der Waals surface area (Å²) in [5, 5.41) is 9.78. The van der Waals surface area contributed by atoms with Crippen LogP contribution in [-0.2, 0) is 7.05 Å². The summed E-state index contributed by atoms with van der Waals surface area (Å²) in [6.45, 7) is 0. The van der Waals surface area contributed by atoms with Crippen molar-refractivity contribution in [3.63, 3.8) is 0 Å². The van der Waals surface area contributed by atoms with E-state index in [-0.39, 0.29) is 5.56 Å². The molecule has 0 amide bonds. The largest absolute Gasteiger partial charge is 0.292 e. The molecular formula is C5H5N5O. The molecule has 0 aliphatic heterocycles. The van der Waals surface area contributed by atoms with E-state index >= 15 is 0 Å². The molecule has 0 aliphatic carbocycles. The van der Waals surface area contributed by atoms with Crippen molar-refractivity contribution in [2.45, 2.75) is 0 Å². The lowest BCUT2D eigenvalue weighted by atomic mass is 10.6. The molecule has 1 N–H and O–H groups in total. The maximum absolute atomic E-state index is 11.0. The first-order valence-electron chi connectivity index (χ1n) is 3.01. The van der Waals surface area contributed by atoms with Crippen LogP contribution in [0.5, 0.6) is 0 Å². The number of nitrogens with zero attached hydrogens (tertiary/aromatic N) is 4. The first-order chi connectivity index (χ1) is 5.29. The first kappa shape index (κ1) is 6.02. The molecular weight excluding hydrogens is 146 g/mol. The van der Waals surface area contributed by atoms with Crippen molar-refractivity contribution in [1.29, 1.82) is 0 Å². The van der Waals surface area contributed by atoms with Crippen molar-refractivity contribution in [3.8, 4) is 0 Å². The monoisotopic (exact) mass is 151 g/mol.